The number of ether oxygens (including phenoxy) is 2. The van der Waals surface area contributed by atoms with Crippen molar-refractivity contribution >= 4 is 11.0 Å². The number of fused-ring (bicyclic) bond motifs is 1. The minimum Gasteiger partial charge on any atom is -0.493 e. The number of hydrogen-bond donors (Lipinski definition) is 2. The number of methoxy groups -OCH3 is 2. The zero-order chi connectivity index (χ0) is 15.7. The Morgan fingerprint density at radius 2 is 1.73 bits per heavy atom. The predicted molar refractivity (Wildman–Crippen MR) is 81.5 cm³/mol. The molecule has 0 saturated carbocycles. The summed E-state index contributed by atoms with van der Waals surface area (Å²) in [6, 6.07) is 8.71. The Kier molecular flexibility index (Phi) is 3.38. The van der Waals surface area contributed by atoms with E-state index in [0.717, 1.165) is 5.56 Å². The van der Waals surface area contributed by atoms with Gasteiger partial charge in [-0.25, -0.2) is 9.78 Å². The van der Waals surface area contributed by atoms with Gasteiger partial charge in [-0.3, -0.25) is 9.78 Å². The van der Waals surface area contributed by atoms with Gasteiger partial charge in [0.25, 0.3) is 5.56 Å². The highest BCUT2D eigenvalue weighted by atomic mass is 16.5. The molecular weight excluding hydrogens is 286 g/mol. The fraction of sp³-hybridized carbons (Fsp3) is 0.133. The van der Waals surface area contributed by atoms with Crippen molar-refractivity contribution in [1.29, 1.82) is 0 Å². The number of H-pyrrole nitrogens is 2. The molecule has 1 aromatic carbocycles. The second kappa shape index (κ2) is 5.36. The lowest BCUT2D eigenvalue weighted by molar-refractivity contribution is 0.355. The van der Waals surface area contributed by atoms with Crippen LogP contribution in [-0.4, -0.2) is 29.2 Å². The van der Waals surface area contributed by atoms with E-state index in [1.165, 1.54) is 0 Å². The lowest BCUT2D eigenvalue weighted by Gasteiger charge is -2.09. The summed E-state index contributed by atoms with van der Waals surface area (Å²) < 4.78 is 10.4. The van der Waals surface area contributed by atoms with Crippen molar-refractivity contribution in [1.82, 2.24) is 15.0 Å². The van der Waals surface area contributed by atoms with Gasteiger partial charge in [-0.05, 0) is 30.3 Å². The molecule has 0 fully saturated rings. The summed E-state index contributed by atoms with van der Waals surface area (Å²) in [5.74, 6) is 1.17. The van der Waals surface area contributed by atoms with Gasteiger partial charge in [-0.2, -0.15) is 0 Å². The van der Waals surface area contributed by atoms with Crippen molar-refractivity contribution in [2.45, 2.75) is 0 Å². The summed E-state index contributed by atoms with van der Waals surface area (Å²) in [7, 11) is 3.10. The molecule has 0 amide bonds. The molecule has 22 heavy (non-hydrogen) atoms. The minimum atomic E-state index is -0.557. The van der Waals surface area contributed by atoms with Crippen LogP contribution < -0.4 is 20.7 Å². The number of aromatic amines is 2. The van der Waals surface area contributed by atoms with Crippen molar-refractivity contribution < 1.29 is 9.47 Å². The molecule has 112 valence electrons. The lowest BCUT2D eigenvalue weighted by Crippen LogP contribution is -2.22. The molecule has 0 bridgehead atoms. The molecule has 3 rings (SSSR count). The molecule has 0 radical (unpaired) electrons. The first-order chi connectivity index (χ1) is 10.6. The van der Waals surface area contributed by atoms with Crippen LogP contribution in [0.5, 0.6) is 11.5 Å². The molecule has 3 aromatic rings. The third-order valence-corrected chi connectivity index (χ3v) is 3.26. The number of benzene rings is 1. The second-order valence-corrected chi connectivity index (χ2v) is 4.57. The molecule has 2 N–H and O–H groups in total. The van der Waals surface area contributed by atoms with Crippen molar-refractivity contribution in [3.63, 3.8) is 0 Å². The van der Waals surface area contributed by atoms with Gasteiger partial charge in [-0.15, -0.1) is 0 Å². The molecule has 0 spiro atoms. The standard InChI is InChI=1S/C15H13N3O4/c1-21-11-6-3-8(7-12(11)22-2)9-4-5-10-13(16-9)14(19)18-15(20)17-10/h3-7H,1-2H3,(H2,17,18,19,20). The molecule has 7 heteroatoms. The van der Waals surface area contributed by atoms with Gasteiger partial charge >= 0.3 is 5.69 Å². The van der Waals surface area contributed by atoms with Crippen molar-refractivity contribution in [3.8, 4) is 22.8 Å². The molecule has 0 aliphatic heterocycles. The van der Waals surface area contributed by atoms with E-state index in [0.29, 0.717) is 22.7 Å². The fourth-order valence-corrected chi connectivity index (χ4v) is 2.21. The van der Waals surface area contributed by atoms with Gasteiger partial charge < -0.3 is 14.5 Å². The van der Waals surface area contributed by atoms with Crippen molar-refractivity contribution in [3.05, 3.63) is 51.2 Å². The maximum absolute atomic E-state index is 11.8. The van der Waals surface area contributed by atoms with Crippen LogP contribution in [0.2, 0.25) is 0 Å². The topological polar surface area (TPSA) is 97.1 Å². The van der Waals surface area contributed by atoms with Crippen LogP contribution in [0, 0.1) is 0 Å². The van der Waals surface area contributed by atoms with E-state index in [4.69, 9.17) is 9.47 Å². The van der Waals surface area contributed by atoms with E-state index in [2.05, 4.69) is 15.0 Å². The third-order valence-electron chi connectivity index (χ3n) is 3.26. The zero-order valence-corrected chi connectivity index (χ0v) is 12.0. The Labute approximate surface area is 124 Å². The van der Waals surface area contributed by atoms with Crippen molar-refractivity contribution in [2.75, 3.05) is 14.2 Å². The van der Waals surface area contributed by atoms with Crippen LogP contribution in [-0.2, 0) is 0 Å². The largest absolute Gasteiger partial charge is 0.493 e. The monoisotopic (exact) mass is 299 g/mol. The normalized spacial score (nSPS) is 10.6. The smallest absolute Gasteiger partial charge is 0.326 e. The highest BCUT2D eigenvalue weighted by Crippen LogP contribution is 2.31. The molecule has 0 aliphatic rings. The number of aromatic nitrogens is 3. The lowest BCUT2D eigenvalue weighted by atomic mass is 10.1. The average Bonchev–Trinajstić information content (AvgIpc) is 2.53. The summed E-state index contributed by atoms with van der Waals surface area (Å²) >= 11 is 0. The maximum atomic E-state index is 11.8. The van der Waals surface area contributed by atoms with Crippen LogP contribution in [0.1, 0.15) is 0 Å². The van der Waals surface area contributed by atoms with E-state index in [1.54, 1.807) is 38.5 Å². The van der Waals surface area contributed by atoms with E-state index in [1.807, 2.05) is 6.07 Å². The zero-order valence-electron chi connectivity index (χ0n) is 12.0. The molecule has 0 aliphatic carbocycles. The average molecular weight is 299 g/mol. The van der Waals surface area contributed by atoms with Gasteiger partial charge in [-0.1, -0.05) is 0 Å². The molecule has 2 aromatic heterocycles. The van der Waals surface area contributed by atoms with Gasteiger partial charge in [0.05, 0.1) is 25.4 Å². The number of hydrogen-bond acceptors (Lipinski definition) is 5. The minimum absolute atomic E-state index is 0.173. The number of pyridine rings is 1. The first kappa shape index (κ1) is 13.9. The molecule has 2 heterocycles. The van der Waals surface area contributed by atoms with Crippen molar-refractivity contribution in [2.24, 2.45) is 0 Å². The second-order valence-electron chi connectivity index (χ2n) is 4.57. The Morgan fingerprint density at radius 1 is 0.955 bits per heavy atom. The van der Waals surface area contributed by atoms with E-state index in [9.17, 15) is 9.59 Å². The van der Waals surface area contributed by atoms with E-state index in [-0.39, 0.29) is 5.52 Å². The first-order valence-electron chi connectivity index (χ1n) is 6.48. The van der Waals surface area contributed by atoms with Crippen LogP contribution in [0.15, 0.2) is 39.9 Å². The van der Waals surface area contributed by atoms with Gasteiger partial charge in [0, 0.05) is 5.56 Å². The van der Waals surface area contributed by atoms with Gasteiger partial charge in [0.1, 0.15) is 0 Å². The highest BCUT2D eigenvalue weighted by molar-refractivity contribution is 5.77. The summed E-state index contributed by atoms with van der Waals surface area (Å²) in [5.41, 5.74) is 0.834. The Bertz CT molecular complexity index is 959. The van der Waals surface area contributed by atoms with Gasteiger partial charge in [0.2, 0.25) is 0 Å². The Hall–Kier alpha value is -3.09. The van der Waals surface area contributed by atoms with Crippen LogP contribution >= 0.6 is 0 Å². The molecular formula is C15H13N3O4. The van der Waals surface area contributed by atoms with Crippen LogP contribution in [0.3, 0.4) is 0 Å². The van der Waals surface area contributed by atoms with Crippen LogP contribution in [0.4, 0.5) is 0 Å². The molecule has 7 nitrogen and oxygen atoms in total. The number of rotatable bonds is 3. The Balaban J connectivity index is 2.18. The van der Waals surface area contributed by atoms with E-state index < -0.39 is 11.2 Å². The fourth-order valence-electron chi connectivity index (χ4n) is 2.21. The van der Waals surface area contributed by atoms with E-state index >= 15 is 0 Å². The first-order valence-corrected chi connectivity index (χ1v) is 6.48. The van der Waals surface area contributed by atoms with Gasteiger partial charge in [0.15, 0.2) is 17.0 Å². The maximum Gasteiger partial charge on any atom is 0.326 e. The number of nitrogens with one attached hydrogen (secondary N) is 2. The predicted octanol–water partition coefficient (Wildman–Crippen LogP) is 1.30. The van der Waals surface area contributed by atoms with Crippen LogP contribution in [0.25, 0.3) is 22.3 Å². The summed E-state index contributed by atoms with van der Waals surface area (Å²) in [6.45, 7) is 0. The molecule has 0 atom stereocenters. The summed E-state index contributed by atoms with van der Waals surface area (Å²) in [5, 5.41) is 0. The molecule has 0 unspecified atom stereocenters. The SMILES string of the molecule is COc1ccc(-c2ccc3[nH]c(=O)[nH]c(=O)c3n2)cc1OC. The summed E-state index contributed by atoms with van der Waals surface area (Å²) in [6.07, 6.45) is 0. The highest BCUT2D eigenvalue weighted by Gasteiger charge is 2.09. The molecule has 0 saturated heterocycles. The summed E-state index contributed by atoms with van der Waals surface area (Å²) in [4.78, 5) is 32.1. The Morgan fingerprint density at radius 3 is 2.45 bits per heavy atom. The third kappa shape index (κ3) is 2.32. The quantitative estimate of drug-likeness (QED) is 0.759. The number of nitrogens with zero attached hydrogens (tertiary/aromatic N) is 1.